The summed E-state index contributed by atoms with van der Waals surface area (Å²) in [6.07, 6.45) is -0.484. The van der Waals surface area contributed by atoms with Crippen molar-refractivity contribution in [2.24, 2.45) is 0 Å². The molecule has 22 heavy (non-hydrogen) atoms. The topological polar surface area (TPSA) is 84.7 Å². The van der Waals surface area contributed by atoms with Crippen molar-refractivity contribution in [3.05, 3.63) is 33.9 Å². The lowest BCUT2D eigenvalue weighted by molar-refractivity contribution is -0.384. The van der Waals surface area contributed by atoms with Gasteiger partial charge in [-0.2, -0.15) is 0 Å². The molecule has 1 unspecified atom stereocenters. The molecule has 0 spiro atoms. The molecule has 9 heteroatoms. The average Bonchev–Trinajstić information content (AvgIpc) is 3.37. The van der Waals surface area contributed by atoms with Crippen molar-refractivity contribution in [1.82, 2.24) is 9.34 Å². The van der Waals surface area contributed by atoms with E-state index in [9.17, 15) is 14.7 Å². The van der Waals surface area contributed by atoms with Crippen LogP contribution < -0.4 is 4.74 Å². The lowest BCUT2D eigenvalue weighted by Crippen LogP contribution is -2.11. The Morgan fingerprint density at radius 3 is 2.32 bits per heavy atom. The maximum absolute atomic E-state index is 13.0. The summed E-state index contributed by atoms with van der Waals surface area (Å²) in [5.74, 6) is 0.366. The molecule has 8 nitrogen and oxygen atoms in total. The second kappa shape index (κ2) is 5.62. The summed E-state index contributed by atoms with van der Waals surface area (Å²) in [5.41, 5.74) is 0.602. The van der Waals surface area contributed by atoms with E-state index in [1.807, 2.05) is 9.34 Å². The van der Waals surface area contributed by atoms with Crippen LogP contribution in [0, 0.1) is 10.1 Å². The van der Waals surface area contributed by atoms with E-state index >= 15 is 0 Å². The van der Waals surface area contributed by atoms with E-state index in [4.69, 9.17) is 9.26 Å². The molecule has 2 fully saturated rings. The molecular formula is C13H18N3O5P. The Labute approximate surface area is 128 Å². The second-order valence-corrected chi connectivity index (χ2v) is 7.65. The number of nitro groups is 1. The van der Waals surface area contributed by atoms with E-state index < -0.39 is 18.7 Å². The van der Waals surface area contributed by atoms with Crippen LogP contribution in [0.2, 0.25) is 0 Å². The minimum absolute atomic E-state index is 0.0483. The van der Waals surface area contributed by atoms with Crippen LogP contribution in [0.3, 0.4) is 0 Å². The molecule has 120 valence electrons. The van der Waals surface area contributed by atoms with Crippen LogP contribution in [0.1, 0.15) is 18.6 Å². The maximum Gasteiger partial charge on any atom is 0.346 e. The molecule has 0 radical (unpaired) electrons. The van der Waals surface area contributed by atoms with Crippen molar-refractivity contribution in [3.63, 3.8) is 0 Å². The fourth-order valence-electron chi connectivity index (χ4n) is 2.32. The van der Waals surface area contributed by atoms with Gasteiger partial charge in [-0.25, -0.2) is 9.34 Å². The van der Waals surface area contributed by atoms with Gasteiger partial charge in [-0.1, -0.05) is 0 Å². The van der Waals surface area contributed by atoms with Crippen molar-refractivity contribution >= 4 is 13.4 Å². The van der Waals surface area contributed by atoms with Crippen molar-refractivity contribution in [1.29, 1.82) is 0 Å². The number of rotatable bonds is 7. The zero-order valence-corrected chi connectivity index (χ0v) is 13.4. The highest BCUT2D eigenvalue weighted by Crippen LogP contribution is 2.63. The Bertz CT molecular complexity index is 629. The number of non-ortho nitro benzene ring substituents is 1. The second-order valence-electron chi connectivity index (χ2n) is 5.33. The van der Waals surface area contributed by atoms with Crippen molar-refractivity contribution in [3.8, 4) is 5.75 Å². The summed E-state index contributed by atoms with van der Waals surface area (Å²) in [5, 5.41) is 10.8. The Morgan fingerprint density at radius 1 is 1.27 bits per heavy atom. The molecule has 0 aliphatic carbocycles. The quantitative estimate of drug-likeness (QED) is 0.329. The highest BCUT2D eigenvalue weighted by atomic mass is 31.2. The standard InChI is InChI=1S/C13H18N3O5P/c1-10(21-22(19,14-5-6-14)15-7-8-15)12-4-3-11(16(17)18)9-13(12)20-2/h3-4,9-10H,5-8H2,1-2H3. The minimum Gasteiger partial charge on any atom is -0.496 e. The molecule has 0 amide bonds. The first-order valence-electron chi connectivity index (χ1n) is 7.07. The lowest BCUT2D eigenvalue weighted by atomic mass is 10.1. The maximum atomic E-state index is 13.0. The van der Waals surface area contributed by atoms with Gasteiger partial charge in [0.25, 0.3) is 5.69 Å². The van der Waals surface area contributed by atoms with E-state index in [0.717, 1.165) is 26.2 Å². The predicted molar refractivity (Wildman–Crippen MR) is 79.9 cm³/mol. The molecule has 1 aromatic carbocycles. The number of hydrogen-bond donors (Lipinski definition) is 0. The van der Waals surface area contributed by atoms with E-state index in [-0.39, 0.29) is 5.69 Å². The molecule has 0 aromatic heterocycles. The Balaban J connectivity index is 1.83. The minimum atomic E-state index is -2.95. The van der Waals surface area contributed by atoms with Crippen LogP contribution in [0.4, 0.5) is 5.69 Å². The molecule has 0 N–H and O–H groups in total. The van der Waals surface area contributed by atoms with Crippen molar-refractivity contribution in [2.45, 2.75) is 13.0 Å². The highest BCUT2D eigenvalue weighted by molar-refractivity contribution is 7.54. The number of nitro benzene ring substituents is 1. The molecule has 2 aliphatic heterocycles. The average molecular weight is 327 g/mol. The Morgan fingerprint density at radius 2 is 1.86 bits per heavy atom. The molecule has 1 aromatic rings. The van der Waals surface area contributed by atoms with E-state index in [2.05, 4.69) is 0 Å². The summed E-state index contributed by atoms with van der Waals surface area (Å²) in [6.45, 7) is 4.88. The number of methoxy groups -OCH3 is 1. The first kappa shape index (κ1) is 15.4. The summed E-state index contributed by atoms with van der Waals surface area (Å²) in [4.78, 5) is 10.4. The zero-order chi connectivity index (χ0) is 15.9. The van der Waals surface area contributed by atoms with Gasteiger partial charge in [-0.15, -0.1) is 0 Å². The van der Waals surface area contributed by atoms with Crippen LogP contribution in [0.25, 0.3) is 0 Å². The third-order valence-corrected chi connectivity index (χ3v) is 6.54. The molecule has 1 atom stereocenters. The van der Waals surface area contributed by atoms with Crippen LogP contribution in [-0.4, -0.2) is 47.6 Å². The first-order valence-corrected chi connectivity index (χ1v) is 8.60. The largest absolute Gasteiger partial charge is 0.496 e. The predicted octanol–water partition coefficient (Wildman–Crippen LogP) is 2.42. The van der Waals surface area contributed by atoms with Crippen LogP contribution in [0.5, 0.6) is 5.75 Å². The SMILES string of the molecule is COc1cc([N+](=O)[O-])ccc1C(C)OP(=O)(N1CC1)N1CC1. The number of hydrogen-bond acceptors (Lipinski definition) is 5. The lowest BCUT2D eigenvalue weighted by Gasteiger charge is -2.25. The van der Waals surface area contributed by atoms with Gasteiger partial charge in [0.15, 0.2) is 0 Å². The third-order valence-electron chi connectivity index (χ3n) is 3.72. The van der Waals surface area contributed by atoms with Crippen molar-refractivity contribution < 1.29 is 18.7 Å². The zero-order valence-electron chi connectivity index (χ0n) is 12.5. The summed E-state index contributed by atoms with van der Waals surface area (Å²) < 4.78 is 27.7. The third kappa shape index (κ3) is 2.87. The summed E-state index contributed by atoms with van der Waals surface area (Å²) in [6, 6.07) is 4.35. The highest BCUT2D eigenvalue weighted by Gasteiger charge is 2.50. The fraction of sp³-hybridized carbons (Fsp3) is 0.538. The summed E-state index contributed by atoms with van der Waals surface area (Å²) in [7, 11) is -1.50. The smallest absolute Gasteiger partial charge is 0.346 e. The summed E-state index contributed by atoms with van der Waals surface area (Å²) >= 11 is 0. The normalized spacial score (nSPS) is 19.7. The van der Waals surface area contributed by atoms with Crippen LogP contribution in [-0.2, 0) is 9.09 Å². The fourth-order valence-corrected chi connectivity index (χ4v) is 4.66. The van der Waals surface area contributed by atoms with Gasteiger partial charge in [0.2, 0.25) is 0 Å². The van der Waals surface area contributed by atoms with Gasteiger partial charge in [0, 0.05) is 37.8 Å². The van der Waals surface area contributed by atoms with Gasteiger partial charge < -0.3 is 4.74 Å². The monoisotopic (exact) mass is 327 g/mol. The van der Waals surface area contributed by atoms with Gasteiger partial charge in [0.1, 0.15) is 5.75 Å². The number of nitrogens with zero attached hydrogens (tertiary/aromatic N) is 3. The van der Waals surface area contributed by atoms with E-state index in [1.54, 1.807) is 13.0 Å². The Hall–Kier alpha value is -1.47. The van der Waals surface area contributed by atoms with Crippen LogP contribution in [0.15, 0.2) is 18.2 Å². The first-order chi connectivity index (χ1) is 10.5. The van der Waals surface area contributed by atoms with E-state index in [0.29, 0.717) is 11.3 Å². The molecule has 0 saturated carbocycles. The number of benzene rings is 1. The molecule has 3 rings (SSSR count). The van der Waals surface area contributed by atoms with Gasteiger partial charge >= 0.3 is 7.67 Å². The van der Waals surface area contributed by atoms with Gasteiger partial charge in [-0.05, 0) is 13.0 Å². The molecule has 2 saturated heterocycles. The van der Waals surface area contributed by atoms with Crippen LogP contribution >= 0.6 is 7.67 Å². The molecular weight excluding hydrogens is 309 g/mol. The Kier molecular flexibility index (Phi) is 3.94. The van der Waals surface area contributed by atoms with Gasteiger partial charge in [0.05, 0.1) is 24.2 Å². The molecule has 2 heterocycles. The number of ether oxygens (including phenoxy) is 1. The molecule has 0 bridgehead atoms. The van der Waals surface area contributed by atoms with Gasteiger partial charge in [-0.3, -0.25) is 19.2 Å². The molecule has 2 aliphatic rings. The van der Waals surface area contributed by atoms with Crippen molar-refractivity contribution in [2.75, 3.05) is 33.3 Å². The van der Waals surface area contributed by atoms with E-state index in [1.165, 1.54) is 19.2 Å².